The van der Waals surface area contributed by atoms with Gasteiger partial charge in [-0.2, -0.15) is 0 Å². The van der Waals surface area contributed by atoms with Crippen LogP contribution in [0, 0.1) is 13.0 Å². The van der Waals surface area contributed by atoms with Crippen LogP contribution in [0.4, 0.5) is 17.1 Å². The molecule has 0 amide bonds. The Hall–Kier alpha value is -2.54. The van der Waals surface area contributed by atoms with Gasteiger partial charge in [0.15, 0.2) is 0 Å². The number of anilines is 3. The molecule has 97 valence electrons. The largest absolute Gasteiger partial charge is 0.310 e. The number of rotatable bonds is 3. The van der Waals surface area contributed by atoms with Crippen LogP contribution in [0.15, 0.2) is 78.9 Å². The summed E-state index contributed by atoms with van der Waals surface area (Å²) in [5, 5.41) is 0. The van der Waals surface area contributed by atoms with Gasteiger partial charge in [-0.05, 0) is 55.0 Å². The highest BCUT2D eigenvalue weighted by atomic mass is 15.1. The molecule has 0 heterocycles. The highest BCUT2D eigenvalue weighted by Crippen LogP contribution is 2.33. The Bertz CT molecular complexity index is 635. The molecule has 3 aromatic rings. The molecule has 0 saturated carbocycles. The predicted octanol–water partition coefficient (Wildman–Crippen LogP) is 5.27. The van der Waals surface area contributed by atoms with E-state index in [1.165, 1.54) is 5.56 Å². The van der Waals surface area contributed by atoms with Crippen molar-refractivity contribution >= 4 is 17.1 Å². The number of hydrogen-bond donors (Lipinski definition) is 0. The molecule has 3 aromatic carbocycles. The van der Waals surface area contributed by atoms with E-state index < -0.39 is 0 Å². The Morgan fingerprint density at radius 1 is 0.750 bits per heavy atom. The molecule has 0 unspecified atom stereocenters. The second-order valence-corrected chi connectivity index (χ2v) is 4.77. The predicted molar refractivity (Wildman–Crippen MR) is 84.7 cm³/mol. The Morgan fingerprint density at radius 3 is 2.20 bits per heavy atom. The lowest BCUT2D eigenvalue weighted by atomic mass is 10.1. The third kappa shape index (κ3) is 2.57. The first-order chi connectivity index (χ1) is 9.84. The number of nitrogens with zero attached hydrogens (tertiary/aromatic N) is 1. The second kappa shape index (κ2) is 5.62. The molecular weight excluding hydrogens is 242 g/mol. The molecule has 3 rings (SSSR count). The van der Waals surface area contributed by atoms with Gasteiger partial charge in [-0.1, -0.05) is 42.5 Å². The number of benzene rings is 3. The van der Waals surface area contributed by atoms with E-state index in [0.29, 0.717) is 0 Å². The van der Waals surface area contributed by atoms with Gasteiger partial charge >= 0.3 is 0 Å². The SMILES string of the molecule is Cc1cccc(N(c2c[c]ccc2)c2ccccc2)c1. The van der Waals surface area contributed by atoms with Gasteiger partial charge in [-0.3, -0.25) is 0 Å². The molecule has 0 aliphatic heterocycles. The van der Waals surface area contributed by atoms with Gasteiger partial charge in [0.2, 0.25) is 0 Å². The van der Waals surface area contributed by atoms with E-state index in [4.69, 9.17) is 0 Å². The van der Waals surface area contributed by atoms with Gasteiger partial charge in [0.25, 0.3) is 0 Å². The standard InChI is InChI=1S/C19H16N/c1-16-9-8-14-19(15-16)20(17-10-4-2-5-11-17)18-12-6-3-7-13-18/h2-6,8-15H,1H3. The molecule has 0 aromatic heterocycles. The average molecular weight is 258 g/mol. The van der Waals surface area contributed by atoms with Crippen molar-refractivity contribution in [1.82, 2.24) is 0 Å². The Labute approximate surface area is 120 Å². The summed E-state index contributed by atoms with van der Waals surface area (Å²) < 4.78 is 0. The highest BCUT2D eigenvalue weighted by Gasteiger charge is 2.11. The molecule has 0 atom stereocenters. The normalized spacial score (nSPS) is 10.2. The van der Waals surface area contributed by atoms with Crippen LogP contribution in [0.1, 0.15) is 5.56 Å². The van der Waals surface area contributed by atoms with Crippen molar-refractivity contribution in [2.24, 2.45) is 0 Å². The minimum Gasteiger partial charge on any atom is -0.310 e. The fourth-order valence-electron chi connectivity index (χ4n) is 2.31. The topological polar surface area (TPSA) is 3.24 Å². The zero-order chi connectivity index (χ0) is 13.8. The van der Waals surface area contributed by atoms with E-state index in [-0.39, 0.29) is 0 Å². The third-order valence-electron chi connectivity index (χ3n) is 3.22. The lowest BCUT2D eigenvalue weighted by molar-refractivity contribution is 1.27. The smallest absolute Gasteiger partial charge is 0.0467 e. The average Bonchev–Trinajstić information content (AvgIpc) is 2.50. The monoisotopic (exact) mass is 258 g/mol. The van der Waals surface area contributed by atoms with Crippen molar-refractivity contribution in [3.05, 3.63) is 90.5 Å². The maximum atomic E-state index is 3.15. The molecule has 1 heteroatoms. The molecule has 20 heavy (non-hydrogen) atoms. The fraction of sp³-hybridized carbons (Fsp3) is 0.0526. The molecular formula is C19H16N. The lowest BCUT2D eigenvalue weighted by Crippen LogP contribution is -2.09. The summed E-state index contributed by atoms with van der Waals surface area (Å²) in [7, 11) is 0. The van der Waals surface area contributed by atoms with E-state index in [1.54, 1.807) is 0 Å². The molecule has 1 nitrogen and oxygen atoms in total. The van der Waals surface area contributed by atoms with E-state index >= 15 is 0 Å². The van der Waals surface area contributed by atoms with Crippen molar-refractivity contribution in [3.8, 4) is 0 Å². The summed E-state index contributed by atoms with van der Waals surface area (Å²) in [5.41, 5.74) is 4.68. The van der Waals surface area contributed by atoms with E-state index in [0.717, 1.165) is 17.1 Å². The summed E-state index contributed by atoms with van der Waals surface area (Å²) in [6, 6.07) is 30.1. The quantitative estimate of drug-likeness (QED) is 0.619. The van der Waals surface area contributed by atoms with Crippen molar-refractivity contribution in [3.63, 3.8) is 0 Å². The molecule has 1 radical (unpaired) electrons. The number of aryl methyl sites for hydroxylation is 1. The first kappa shape index (κ1) is 12.5. The third-order valence-corrected chi connectivity index (χ3v) is 3.22. The van der Waals surface area contributed by atoms with Gasteiger partial charge < -0.3 is 4.90 Å². The van der Waals surface area contributed by atoms with Crippen LogP contribution >= 0.6 is 0 Å². The van der Waals surface area contributed by atoms with Crippen LogP contribution in [0.5, 0.6) is 0 Å². The van der Waals surface area contributed by atoms with Crippen LogP contribution < -0.4 is 4.90 Å². The first-order valence-electron chi connectivity index (χ1n) is 6.72. The van der Waals surface area contributed by atoms with Gasteiger partial charge in [0.05, 0.1) is 0 Å². The minimum atomic E-state index is 1.12. The molecule has 0 N–H and O–H groups in total. The van der Waals surface area contributed by atoms with Gasteiger partial charge in [-0.25, -0.2) is 0 Å². The Kier molecular flexibility index (Phi) is 3.51. The molecule has 0 bridgehead atoms. The van der Waals surface area contributed by atoms with Crippen molar-refractivity contribution in [2.45, 2.75) is 6.92 Å². The van der Waals surface area contributed by atoms with Crippen LogP contribution in [-0.4, -0.2) is 0 Å². The van der Waals surface area contributed by atoms with Crippen LogP contribution in [0.2, 0.25) is 0 Å². The molecule has 0 fully saturated rings. The molecule has 0 saturated heterocycles. The summed E-state index contributed by atoms with van der Waals surface area (Å²) in [6.45, 7) is 2.11. The number of hydrogen-bond acceptors (Lipinski definition) is 1. The minimum absolute atomic E-state index is 1.12. The Balaban J connectivity index is 2.14. The summed E-state index contributed by atoms with van der Waals surface area (Å²) in [4.78, 5) is 2.24. The van der Waals surface area contributed by atoms with E-state index in [2.05, 4.69) is 72.5 Å². The second-order valence-electron chi connectivity index (χ2n) is 4.77. The molecule has 0 aliphatic carbocycles. The zero-order valence-electron chi connectivity index (χ0n) is 11.5. The number of para-hydroxylation sites is 1. The summed E-state index contributed by atoms with van der Waals surface area (Å²) >= 11 is 0. The van der Waals surface area contributed by atoms with Crippen LogP contribution in [-0.2, 0) is 0 Å². The zero-order valence-corrected chi connectivity index (χ0v) is 11.5. The fourth-order valence-corrected chi connectivity index (χ4v) is 2.31. The van der Waals surface area contributed by atoms with Gasteiger partial charge in [0.1, 0.15) is 0 Å². The highest BCUT2D eigenvalue weighted by molar-refractivity contribution is 5.76. The molecule has 0 spiro atoms. The van der Waals surface area contributed by atoms with Gasteiger partial charge in [0, 0.05) is 17.1 Å². The van der Waals surface area contributed by atoms with Gasteiger partial charge in [-0.15, -0.1) is 0 Å². The summed E-state index contributed by atoms with van der Waals surface area (Å²) in [6.07, 6.45) is 0. The van der Waals surface area contributed by atoms with Crippen molar-refractivity contribution < 1.29 is 0 Å². The lowest BCUT2D eigenvalue weighted by Gasteiger charge is -2.25. The van der Waals surface area contributed by atoms with Crippen molar-refractivity contribution in [2.75, 3.05) is 4.90 Å². The van der Waals surface area contributed by atoms with Crippen LogP contribution in [0.3, 0.4) is 0 Å². The first-order valence-corrected chi connectivity index (χ1v) is 6.72. The van der Waals surface area contributed by atoms with Crippen molar-refractivity contribution in [1.29, 1.82) is 0 Å². The maximum absolute atomic E-state index is 3.15. The van der Waals surface area contributed by atoms with E-state index in [9.17, 15) is 0 Å². The summed E-state index contributed by atoms with van der Waals surface area (Å²) in [5.74, 6) is 0. The van der Waals surface area contributed by atoms with E-state index in [1.807, 2.05) is 24.3 Å². The Morgan fingerprint density at radius 2 is 1.50 bits per heavy atom. The molecule has 0 aliphatic rings. The van der Waals surface area contributed by atoms with Crippen LogP contribution in [0.25, 0.3) is 0 Å². The maximum Gasteiger partial charge on any atom is 0.0467 e.